The van der Waals surface area contributed by atoms with Crippen molar-refractivity contribution in [3.63, 3.8) is 0 Å². The van der Waals surface area contributed by atoms with E-state index in [0.29, 0.717) is 0 Å². The molecule has 0 saturated heterocycles. The molecule has 0 fully saturated rings. The van der Waals surface area contributed by atoms with Gasteiger partial charge in [0.25, 0.3) is 0 Å². The monoisotopic (exact) mass is 427 g/mol. The number of nitrogens with zero attached hydrogens (tertiary/aromatic N) is 1. The van der Waals surface area contributed by atoms with Gasteiger partial charge in [0, 0.05) is 0 Å². The van der Waals surface area contributed by atoms with Crippen LogP contribution in [0.3, 0.4) is 0 Å². The topological polar surface area (TPSA) is 14.1 Å². The predicted octanol–water partition coefficient (Wildman–Crippen LogP) is 5.08. The first-order valence-electron chi connectivity index (χ1n) is 3.26. The van der Waals surface area contributed by atoms with Crippen LogP contribution < -0.4 is 0 Å². The standard InChI is InChI=1S/C7H8N.4ClH.Ta/c1-8-7-5-3-2-4-6-7;;;;;/h2-6H,1H3;4*1H;/q-1;;;;;+4/p-4. The van der Waals surface area contributed by atoms with E-state index in [-0.39, 0.29) is 0 Å². The Balaban J connectivity index is 0.000000252. The molecule has 0 saturated carbocycles. The van der Waals surface area contributed by atoms with E-state index in [4.69, 9.17) is 36.8 Å². The van der Waals surface area contributed by atoms with E-state index in [2.05, 4.69) is 5.32 Å². The molecule has 1 nitrogen and oxygen atoms in total. The van der Waals surface area contributed by atoms with Crippen molar-refractivity contribution in [2.75, 3.05) is 7.05 Å². The molecule has 75 valence electrons. The first-order valence-corrected chi connectivity index (χ1v) is 19.2. The van der Waals surface area contributed by atoms with E-state index >= 15 is 0 Å². The van der Waals surface area contributed by atoms with E-state index in [1.165, 1.54) is 0 Å². The van der Waals surface area contributed by atoms with Crippen molar-refractivity contribution in [1.82, 2.24) is 0 Å². The van der Waals surface area contributed by atoms with Crippen molar-refractivity contribution >= 4 is 42.4 Å². The van der Waals surface area contributed by atoms with Gasteiger partial charge in [0.2, 0.25) is 0 Å². The average Bonchev–Trinajstić information content (AvgIpc) is 2.03. The summed E-state index contributed by atoms with van der Waals surface area (Å²) in [7, 11) is 22.0. The van der Waals surface area contributed by atoms with Gasteiger partial charge >= 0.3 is 49.6 Å². The van der Waals surface area contributed by atoms with Crippen LogP contribution in [0.2, 0.25) is 0 Å². The van der Waals surface area contributed by atoms with Gasteiger partial charge in [-0.1, -0.05) is 30.3 Å². The summed E-state index contributed by atoms with van der Waals surface area (Å²) in [6.07, 6.45) is 0. The second-order valence-corrected chi connectivity index (χ2v) is 29.8. The zero-order chi connectivity index (χ0) is 10.3. The van der Waals surface area contributed by atoms with Crippen LogP contribution in [0.5, 0.6) is 0 Å². The second-order valence-electron chi connectivity index (χ2n) is 1.94. The Bertz CT molecular complexity index is 218. The fourth-order valence-corrected chi connectivity index (χ4v) is 0.577. The summed E-state index contributed by atoms with van der Waals surface area (Å²) in [6, 6.07) is 9.87. The minimum absolute atomic E-state index is 1.03. The van der Waals surface area contributed by atoms with Gasteiger partial charge in [-0.15, -0.1) is 12.7 Å². The number of para-hydroxylation sites is 1. The molecule has 0 aliphatic carbocycles. The molecule has 0 aliphatic heterocycles. The maximum absolute atomic E-state index is 5.04. The zero-order valence-electron chi connectivity index (χ0n) is 6.79. The van der Waals surface area contributed by atoms with Crippen molar-refractivity contribution < 1.29 is 12.8 Å². The Kier molecular flexibility index (Phi) is 7.76. The van der Waals surface area contributed by atoms with E-state index in [9.17, 15) is 0 Å². The van der Waals surface area contributed by atoms with Gasteiger partial charge in [-0.3, -0.25) is 0 Å². The minimum atomic E-state index is -3.33. The Labute approximate surface area is 97.1 Å². The van der Waals surface area contributed by atoms with Crippen LogP contribution in [0.1, 0.15) is 0 Å². The second kappa shape index (κ2) is 7.24. The number of benzene rings is 1. The third kappa shape index (κ3) is 12.9. The Morgan fingerprint density at radius 2 is 1.38 bits per heavy atom. The van der Waals surface area contributed by atoms with Gasteiger partial charge in [-0.25, -0.2) is 0 Å². The number of hydrogen-bond donors (Lipinski definition) is 0. The molecule has 0 aromatic heterocycles. The van der Waals surface area contributed by atoms with Crippen molar-refractivity contribution in [3.05, 3.63) is 35.6 Å². The van der Waals surface area contributed by atoms with E-state index < -0.39 is 12.8 Å². The van der Waals surface area contributed by atoms with Crippen LogP contribution >= 0.6 is 36.8 Å². The van der Waals surface area contributed by atoms with Gasteiger partial charge < -0.3 is 5.32 Å². The quantitative estimate of drug-likeness (QED) is 0.592. The van der Waals surface area contributed by atoms with Crippen molar-refractivity contribution in [2.45, 2.75) is 0 Å². The SMILES string of the molecule is C[N-]c1ccccc1.[Cl][Ta]([Cl])([Cl])[Cl]. The van der Waals surface area contributed by atoms with E-state index in [0.717, 1.165) is 5.69 Å². The number of rotatable bonds is 1. The first-order chi connectivity index (χ1) is 5.93. The molecule has 1 aromatic rings. The molecule has 0 heterocycles. The van der Waals surface area contributed by atoms with Gasteiger partial charge in [-0.2, -0.15) is 0 Å². The summed E-state index contributed by atoms with van der Waals surface area (Å²) >= 11 is -3.33. The van der Waals surface area contributed by atoms with Crippen molar-refractivity contribution in [2.24, 2.45) is 0 Å². The Morgan fingerprint density at radius 1 is 1.00 bits per heavy atom. The van der Waals surface area contributed by atoms with Crippen LogP contribution in [0.25, 0.3) is 5.32 Å². The molecule has 0 bridgehead atoms. The number of hydrogen-bond acceptors (Lipinski definition) is 0. The third-order valence-electron chi connectivity index (χ3n) is 1.01. The van der Waals surface area contributed by atoms with Crippen LogP contribution in [-0.2, 0) is 12.8 Å². The van der Waals surface area contributed by atoms with Crippen molar-refractivity contribution in [1.29, 1.82) is 0 Å². The van der Waals surface area contributed by atoms with Gasteiger partial charge in [-0.05, 0) is 0 Å². The molecule has 6 heteroatoms. The summed E-state index contributed by atoms with van der Waals surface area (Å²) in [5.74, 6) is 0. The normalized spacial score (nSPS) is 9.92. The molecule has 0 radical (unpaired) electrons. The molecule has 0 N–H and O–H groups in total. The van der Waals surface area contributed by atoms with E-state index in [1.807, 2.05) is 30.3 Å². The molecular weight excluding hydrogens is 421 g/mol. The van der Waals surface area contributed by atoms with Crippen LogP contribution in [-0.4, -0.2) is 7.05 Å². The molecule has 13 heavy (non-hydrogen) atoms. The molecular formula is C7H8Cl4NTa-. The molecule has 0 amide bonds. The molecule has 1 aromatic carbocycles. The van der Waals surface area contributed by atoms with Crippen LogP contribution in [0, 0.1) is 0 Å². The van der Waals surface area contributed by atoms with Crippen molar-refractivity contribution in [3.8, 4) is 0 Å². The summed E-state index contributed by atoms with van der Waals surface area (Å²) < 4.78 is 0. The van der Waals surface area contributed by atoms with Gasteiger partial charge in [0.1, 0.15) is 0 Å². The van der Waals surface area contributed by atoms with E-state index in [1.54, 1.807) is 7.05 Å². The zero-order valence-corrected chi connectivity index (χ0v) is 13.0. The predicted molar refractivity (Wildman–Crippen MR) is 58.8 cm³/mol. The molecule has 1 rings (SSSR count). The van der Waals surface area contributed by atoms with Gasteiger partial charge in [0.05, 0.1) is 0 Å². The molecule has 0 aliphatic rings. The number of halogens is 4. The summed E-state index contributed by atoms with van der Waals surface area (Å²) in [4.78, 5) is 0. The Morgan fingerprint density at radius 3 is 1.62 bits per heavy atom. The Hall–Kier alpha value is 0.920. The fraction of sp³-hybridized carbons (Fsp3) is 0.143. The average molecular weight is 429 g/mol. The first kappa shape index (κ1) is 13.9. The summed E-state index contributed by atoms with van der Waals surface area (Å²) in [5, 5.41) is 3.97. The third-order valence-corrected chi connectivity index (χ3v) is 1.01. The van der Waals surface area contributed by atoms with Gasteiger partial charge in [0.15, 0.2) is 0 Å². The molecule has 0 spiro atoms. The maximum atomic E-state index is 5.04. The molecule has 0 unspecified atom stereocenters. The summed E-state index contributed by atoms with van der Waals surface area (Å²) in [5.41, 5.74) is 1.03. The molecule has 0 atom stereocenters. The van der Waals surface area contributed by atoms with Crippen LogP contribution in [0.15, 0.2) is 30.3 Å². The fourth-order valence-electron chi connectivity index (χ4n) is 0.577. The van der Waals surface area contributed by atoms with Crippen LogP contribution in [0.4, 0.5) is 5.69 Å². The summed E-state index contributed by atoms with van der Waals surface area (Å²) in [6.45, 7) is 0.